The maximum absolute atomic E-state index is 11.9. The summed E-state index contributed by atoms with van der Waals surface area (Å²) in [6.45, 7) is 10.5. The molecule has 0 radical (unpaired) electrons. The summed E-state index contributed by atoms with van der Waals surface area (Å²) in [5, 5.41) is 20.1. The summed E-state index contributed by atoms with van der Waals surface area (Å²) in [6.07, 6.45) is 13.3. The van der Waals surface area contributed by atoms with Crippen LogP contribution in [0.4, 0.5) is 0 Å². The third kappa shape index (κ3) is 18.1. The number of nitrogens with one attached hydrogen (secondary N) is 2. The van der Waals surface area contributed by atoms with E-state index in [2.05, 4.69) is 64.2 Å². The van der Waals surface area contributed by atoms with Crippen LogP contribution in [0.2, 0.25) is 0 Å². The maximum atomic E-state index is 11.9. The van der Waals surface area contributed by atoms with Crippen LogP contribution in [0.1, 0.15) is 79.6 Å². The molecule has 1 unspecified atom stereocenters. The van der Waals surface area contributed by atoms with Gasteiger partial charge in [-0.3, -0.25) is 19.6 Å². The zero-order chi connectivity index (χ0) is 25.9. The topological polar surface area (TPSA) is 116 Å². The van der Waals surface area contributed by atoms with Crippen molar-refractivity contribution >= 4 is 29.5 Å². The molecule has 0 spiro atoms. The van der Waals surface area contributed by atoms with E-state index in [9.17, 15) is 14.4 Å². The van der Waals surface area contributed by atoms with Gasteiger partial charge in [0.15, 0.2) is 0 Å². The second-order valence-electron chi connectivity index (χ2n) is 8.78. The first-order chi connectivity index (χ1) is 16.0. The maximum Gasteiger partial charge on any atom is 0.303 e. The fourth-order valence-electron chi connectivity index (χ4n) is 2.93. The van der Waals surface area contributed by atoms with E-state index < -0.39 is 23.8 Å². The van der Waals surface area contributed by atoms with Crippen LogP contribution in [-0.4, -0.2) is 45.6 Å². The summed E-state index contributed by atoms with van der Waals surface area (Å²) in [5.41, 5.74) is 6.87. The Morgan fingerprint density at radius 3 is 2.09 bits per heavy atom. The third-order valence-electron chi connectivity index (χ3n) is 4.92. The molecule has 8 heteroatoms. The van der Waals surface area contributed by atoms with Crippen molar-refractivity contribution in [1.82, 2.24) is 10.8 Å². The van der Waals surface area contributed by atoms with Gasteiger partial charge in [0.2, 0.25) is 5.91 Å². The zero-order valence-electron chi connectivity index (χ0n) is 21.3. The molecule has 4 N–H and O–H groups in total. The molecule has 0 bridgehead atoms. The molecule has 192 valence electrons. The number of rotatable bonds is 17. The molecule has 0 fully saturated rings. The van der Waals surface area contributed by atoms with Gasteiger partial charge in [0.25, 0.3) is 5.91 Å². The average Bonchev–Trinajstić information content (AvgIpc) is 2.76. The summed E-state index contributed by atoms with van der Waals surface area (Å²) in [5.74, 6) is -1.42. The highest BCUT2D eigenvalue weighted by atomic mass is 32.2. The van der Waals surface area contributed by atoms with E-state index in [0.717, 1.165) is 32.1 Å². The Morgan fingerprint density at radius 1 is 0.853 bits per heavy atom. The van der Waals surface area contributed by atoms with Crippen LogP contribution < -0.4 is 10.8 Å². The van der Waals surface area contributed by atoms with Crippen molar-refractivity contribution in [2.24, 2.45) is 0 Å². The Hall–Kier alpha value is -2.32. The zero-order valence-corrected chi connectivity index (χ0v) is 22.1. The van der Waals surface area contributed by atoms with E-state index in [1.165, 1.54) is 34.1 Å². The molecule has 0 aliphatic carbocycles. The van der Waals surface area contributed by atoms with E-state index in [1.54, 1.807) is 5.48 Å². The molecular weight excluding hydrogens is 452 g/mol. The smallest absolute Gasteiger partial charge is 0.303 e. The highest BCUT2D eigenvalue weighted by Crippen LogP contribution is 2.17. The van der Waals surface area contributed by atoms with Crippen molar-refractivity contribution < 1.29 is 24.7 Å². The molecule has 1 atom stereocenters. The summed E-state index contributed by atoms with van der Waals surface area (Å²) in [6, 6.07) is -0.933. The fraction of sp³-hybridized carbons (Fsp3) is 0.577. The lowest BCUT2D eigenvalue weighted by atomic mass is 10.0. The molecule has 34 heavy (non-hydrogen) atoms. The van der Waals surface area contributed by atoms with E-state index in [-0.39, 0.29) is 18.6 Å². The summed E-state index contributed by atoms with van der Waals surface area (Å²) >= 11 is 1.47. The quantitative estimate of drug-likeness (QED) is 0.0940. The number of carbonyl (C=O) groups excluding carboxylic acids is 2. The van der Waals surface area contributed by atoms with Crippen molar-refractivity contribution in [2.75, 3.05) is 11.5 Å². The van der Waals surface area contributed by atoms with Crippen LogP contribution in [0, 0.1) is 0 Å². The Morgan fingerprint density at radius 2 is 1.50 bits per heavy atom. The summed E-state index contributed by atoms with van der Waals surface area (Å²) in [7, 11) is 0. The SMILES string of the molecule is CC(C)=CCCC(C)=CCCC(=CCSCC(NC(=O)CCC(=O)O)C(=O)NO)CC=C(C)C. The van der Waals surface area contributed by atoms with Crippen LogP contribution in [0.25, 0.3) is 0 Å². The molecular formula is C26H42N2O5S. The summed E-state index contributed by atoms with van der Waals surface area (Å²) < 4.78 is 0. The van der Waals surface area contributed by atoms with Crippen molar-refractivity contribution in [3.05, 3.63) is 46.6 Å². The predicted molar refractivity (Wildman–Crippen MR) is 140 cm³/mol. The Bertz CT molecular complexity index is 776. The molecule has 0 aromatic carbocycles. The highest BCUT2D eigenvalue weighted by molar-refractivity contribution is 7.99. The van der Waals surface area contributed by atoms with E-state index in [4.69, 9.17) is 10.3 Å². The van der Waals surface area contributed by atoms with E-state index in [0.29, 0.717) is 5.75 Å². The first-order valence-corrected chi connectivity index (χ1v) is 12.8. The summed E-state index contributed by atoms with van der Waals surface area (Å²) in [4.78, 5) is 34.4. The number of carbonyl (C=O) groups is 3. The number of thioether (sulfide) groups is 1. The minimum atomic E-state index is -1.08. The van der Waals surface area contributed by atoms with Gasteiger partial charge in [0.05, 0.1) is 6.42 Å². The number of carboxylic acid groups (broad SMARTS) is 1. The fourth-order valence-corrected chi connectivity index (χ4v) is 3.89. The standard InChI is InChI=1S/C26H42N2O5S/c1-19(2)8-6-9-21(5)10-7-11-22(13-12-20(3)4)16-17-34-18-23(26(32)28-33)27-24(29)14-15-25(30)31/h8,10,12,16,23,33H,6-7,9,11,13-15,17-18H2,1-5H3,(H,27,29)(H,28,32)(H,30,31). The Balaban J connectivity index is 4.85. The third-order valence-corrected chi connectivity index (χ3v) is 5.90. The van der Waals surface area contributed by atoms with Gasteiger partial charge in [-0.1, -0.05) is 46.6 Å². The first kappa shape index (κ1) is 31.7. The molecule has 0 saturated carbocycles. The number of aliphatic carboxylic acids is 1. The molecule has 0 aromatic rings. The van der Waals surface area contributed by atoms with Gasteiger partial charge in [0.1, 0.15) is 6.04 Å². The van der Waals surface area contributed by atoms with Crippen molar-refractivity contribution in [2.45, 2.75) is 85.6 Å². The van der Waals surface area contributed by atoms with Crippen molar-refractivity contribution in [3.8, 4) is 0 Å². The van der Waals surface area contributed by atoms with E-state index >= 15 is 0 Å². The second-order valence-corrected chi connectivity index (χ2v) is 9.86. The molecule has 0 rings (SSSR count). The lowest BCUT2D eigenvalue weighted by Gasteiger charge is -2.16. The first-order valence-electron chi connectivity index (χ1n) is 11.7. The van der Waals surface area contributed by atoms with Crippen LogP contribution >= 0.6 is 11.8 Å². The molecule has 2 amide bonds. The molecule has 0 aliphatic heterocycles. The number of allylic oxidation sites excluding steroid dienone is 7. The minimum Gasteiger partial charge on any atom is -0.481 e. The van der Waals surface area contributed by atoms with E-state index in [1.807, 2.05) is 0 Å². The van der Waals surface area contributed by atoms with Gasteiger partial charge in [0, 0.05) is 17.9 Å². The van der Waals surface area contributed by atoms with Gasteiger partial charge in [-0.2, -0.15) is 11.8 Å². The van der Waals surface area contributed by atoms with Crippen LogP contribution in [0.5, 0.6) is 0 Å². The lowest BCUT2D eigenvalue weighted by molar-refractivity contribution is -0.139. The number of hydroxylamine groups is 1. The highest BCUT2D eigenvalue weighted by Gasteiger charge is 2.20. The minimum absolute atomic E-state index is 0.219. The molecule has 0 saturated heterocycles. The number of carboxylic acids is 1. The molecule has 0 heterocycles. The van der Waals surface area contributed by atoms with Gasteiger partial charge in [-0.25, -0.2) is 5.48 Å². The van der Waals surface area contributed by atoms with Crippen LogP contribution in [0.15, 0.2) is 46.6 Å². The number of hydrogen-bond acceptors (Lipinski definition) is 5. The largest absolute Gasteiger partial charge is 0.481 e. The van der Waals surface area contributed by atoms with Crippen LogP contribution in [0.3, 0.4) is 0 Å². The average molecular weight is 495 g/mol. The van der Waals surface area contributed by atoms with Gasteiger partial charge < -0.3 is 10.4 Å². The van der Waals surface area contributed by atoms with Gasteiger partial charge in [-0.15, -0.1) is 0 Å². The van der Waals surface area contributed by atoms with Crippen molar-refractivity contribution in [1.29, 1.82) is 0 Å². The van der Waals surface area contributed by atoms with Crippen LogP contribution in [-0.2, 0) is 14.4 Å². The molecule has 0 aromatic heterocycles. The molecule has 7 nitrogen and oxygen atoms in total. The molecule has 0 aliphatic rings. The second kappa shape index (κ2) is 19.0. The predicted octanol–water partition coefficient (Wildman–Crippen LogP) is 5.33. The lowest BCUT2D eigenvalue weighted by Crippen LogP contribution is -2.47. The van der Waals surface area contributed by atoms with Gasteiger partial charge >= 0.3 is 5.97 Å². The normalized spacial score (nSPS) is 12.5. The number of amides is 2. The Labute approximate surface area is 208 Å². The van der Waals surface area contributed by atoms with Gasteiger partial charge in [-0.05, 0) is 66.7 Å². The number of hydrogen-bond donors (Lipinski definition) is 4. The Kier molecular flexibility index (Phi) is 17.7. The van der Waals surface area contributed by atoms with Crippen molar-refractivity contribution in [3.63, 3.8) is 0 Å². The monoisotopic (exact) mass is 494 g/mol.